The number of nitriles is 1. The predicted molar refractivity (Wildman–Crippen MR) is 76.4 cm³/mol. The van der Waals surface area contributed by atoms with Crippen LogP contribution in [0.5, 0.6) is 5.75 Å². The van der Waals surface area contributed by atoms with Crippen molar-refractivity contribution in [2.45, 2.75) is 31.9 Å². The number of rotatable bonds is 9. The van der Waals surface area contributed by atoms with Crippen LogP contribution in [-0.2, 0) is 0 Å². The Morgan fingerprint density at radius 1 is 1.35 bits per heavy atom. The smallest absolute Gasteiger partial charge is 0.119 e. The average molecular weight is 278 g/mol. The van der Waals surface area contributed by atoms with Gasteiger partial charge in [-0.05, 0) is 37.1 Å². The van der Waals surface area contributed by atoms with Gasteiger partial charge in [0.1, 0.15) is 18.5 Å². The van der Waals surface area contributed by atoms with Crippen molar-refractivity contribution < 1.29 is 14.9 Å². The summed E-state index contributed by atoms with van der Waals surface area (Å²) < 4.78 is 5.44. The van der Waals surface area contributed by atoms with E-state index in [1.807, 2.05) is 13.0 Å². The van der Waals surface area contributed by atoms with Crippen LogP contribution in [0.25, 0.3) is 0 Å². The quantitative estimate of drug-likeness (QED) is 0.628. The predicted octanol–water partition coefficient (Wildman–Crippen LogP) is 1.05. The number of aliphatic hydroxyl groups is 2. The molecule has 0 radical (unpaired) electrons. The normalized spacial score (nSPS) is 13.5. The van der Waals surface area contributed by atoms with Gasteiger partial charge in [-0.15, -0.1) is 0 Å². The highest BCUT2D eigenvalue weighted by molar-refractivity contribution is 5.34. The second-order valence-corrected chi connectivity index (χ2v) is 4.63. The molecule has 0 fully saturated rings. The van der Waals surface area contributed by atoms with Crippen LogP contribution in [0.1, 0.15) is 25.3 Å². The van der Waals surface area contributed by atoms with Crippen LogP contribution in [0.4, 0.5) is 0 Å². The largest absolute Gasteiger partial charge is 0.491 e. The maximum absolute atomic E-state index is 9.82. The Hall–Kier alpha value is -1.61. The molecule has 2 atom stereocenters. The highest BCUT2D eigenvalue weighted by Gasteiger charge is 2.09. The summed E-state index contributed by atoms with van der Waals surface area (Å²) in [7, 11) is 0. The number of aliphatic hydroxyl groups excluding tert-OH is 2. The molecule has 0 saturated carbocycles. The molecule has 0 spiro atoms. The highest BCUT2D eigenvalue weighted by atomic mass is 16.5. The van der Waals surface area contributed by atoms with Crippen molar-refractivity contribution >= 4 is 0 Å². The lowest BCUT2D eigenvalue weighted by atomic mass is 10.1. The number of ether oxygens (including phenoxy) is 1. The first-order valence-electron chi connectivity index (χ1n) is 6.84. The van der Waals surface area contributed by atoms with Gasteiger partial charge < -0.3 is 20.3 Å². The summed E-state index contributed by atoms with van der Waals surface area (Å²) in [4.78, 5) is 0. The maximum Gasteiger partial charge on any atom is 0.119 e. The molecule has 1 aromatic rings. The Morgan fingerprint density at radius 2 is 2.05 bits per heavy atom. The topological polar surface area (TPSA) is 85.5 Å². The minimum Gasteiger partial charge on any atom is -0.491 e. The SMILES string of the molecule is CCC(CCO)NCC(O)COc1ccc(C#N)cc1. The van der Waals surface area contributed by atoms with Gasteiger partial charge in [-0.2, -0.15) is 5.26 Å². The summed E-state index contributed by atoms with van der Waals surface area (Å²) in [5.74, 6) is 0.630. The minimum atomic E-state index is -0.613. The molecule has 5 nitrogen and oxygen atoms in total. The van der Waals surface area contributed by atoms with E-state index in [4.69, 9.17) is 15.1 Å². The van der Waals surface area contributed by atoms with E-state index in [9.17, 15) is 5.11 Å². The first-order valence-corrected chi connectivity index (χ1v) is 6.84. The van der Waals surface area contributed by atoms with Crippen LogP contribution >= 0.6 is 0 Å². The van der Waals surface area contributed by atoms with Gasteiger partial charge in [-0.3, -0.25) is 0 Å². The molecule has 5 heteroatoms. The zero-order valence-corrected chi connectivity index (χ0v) is 11.7. The van der Waals surface area contributed by atoms with Gasteiger partial charge >= 0.3 is 0 Å². The highest BCUT2D eigenvalue weighted by Crippen LogP contribution is 2.11. The van der Waals surface area contributed by atoms with E-state index >= 15 is 0 Å². The summed E-state index contributed by atoms with van der Waals surface area (Å²) in [5.41, 5.74) is 0.578. The second-order valence-electron chi connectivity index (χ2n) is 4.63. The van der Waals surface area contributed by atoms with Gasteiger partial charge in [-0.25, -0.2) is 0 Å². The number of nitrogens with one attached hydrogen (secondary N) is 1. The molecule has 0 aromatic heterocycles. The fourth-order valence-electron chi connectivity index (χ4n) is 1.79. The van der Waals surface area contributed by atoms with Crippen LogP contribution in [0.3, 0.4) is 0 Å². The Kier molecular flexibility index (Phi) is 7.66. The fraction of sp³-hybridized carbons (Fsp3) is 0.533. The molecule has 20 heavy (non-hydrogen) atoms. The lowest BCUT2D eigenvalue weighted by molar-refractivity contribution is 0.102. The molecule has 110 valence electrons. The molecule has 0 aliphatic rings. The van der Waals surface area contributed by atoms with Crippen molar-refractivity contribution in [2.75, 3.05) is 19.8 Å². The fourth-order valence-corrected chi connectivity index (χ4v) is 1.79. The van der Waals surface area contributed by atoms with E-state index in [0.717, 1.165) is 6.42 Å². The van der Waals surface area contributed by atoms with Crippen molar-refractivity contribution in [1.82, 2.24) is 5.32 Å². The van der Waals surface area contributed by atoms with Gasteiger partial charge in [0.25, 0.3) is 0 Å². The minimum absolute atomic E-state index is 0.142. The van der Waals surface area contributed by atoms with Crippen LogP contribution < -0.4 is 10.1 Å². The molecule has 1 rings (SSSR count). The molecule has 0 bridgehead atoms. The molecule has 3 N–H and O–H groups in total. The first-order chi connectivity index (χ1) is 9.69. The van der Waals surface area contributed by atoms with Crippen LogP contribution in [0.15, 0.2) is 24.3 Å². The van der Waals surface area contributed by atoms with Gasteiger partial charge in [0.15, 0.2) is 0 Å². The molecule has 2 unspecified atom stereocenters. The van der Waals surface area contributed by atoms with E-state index < -0.39 is 6.10 Å². The lowest BCUT2D eigenvalue weighted by Crippen LogP contribution is -2.38. The molecule has 0 aliphatic carbocycles. The third-order valence-electron chi connectivity index (χ3n) is 3.04. The van der Waals surface area contributed by atoms with E-state index in [-0.39, 0.29) is 19.3 Å². The standard InChI is InChI=1S/C15H22N2O3/c1-2-13(7-8-18)17-10-14(19)11-20-15-5-3-12(9-16)4-6-15/h3-6,13-14,17-19H,2,7-8,10-11H2,1H3. The van der Waals surface area contributed by atoms with Gasteiger partial charge in [-0.1, -0.05) is 6.92 Å². The van der Waals surface area contributed by atoms with Crippen molar-refractivity contribution in [1.29, 1.82) is 5.26 Å². The van der Waals surface area contributed by atoms with E-state index in [1.54, 1.807) is 24.3 Å². The Bertz CT molecular complexity index is 414. The van der Waals surface area contributed by atoms with Gasteiger partial charge in [0.2, 0.25) is 0 Å². The van der Waals surface area contributed by atoms with Crippen LogP contribution in [-0.4, -0.2) is 42.1 Å². The summed E-state index contributed by atoms with van der Waals surface area (Å²) in [5, 5.41) is 30.6. The van der Waals surface area contributed by atoms with Gasteiger partial charge in [0, 0.05) is 19.2 Å². The zero-order chi connectivity index (χ0) is 14.8. The Balaban J connectivity index is 2.28. The van der Waals surface area contributed by atoms with Crippen molar-refractivity contribution in [2.24, 2.45) is 0 Å². The number of benzene rings is 1. The number of hydrogen-bond donors (Lipinski definition) is 3. The third-order valence-corrected chi connectivity index (χ3v) is 3.04. The van der Waals surface area contributed by atoms with E-state index in [0.29, 0.717) is 24.3 Å². The van der Waals surface area contributed by atoms with Crippen LogP contribution in [0.2, 0.25) is 0 Å². The van der Waals surface area contributed by atoms with E-state index in [2.05, 4.69) is 5.32 Å². The molecule has 0 saturated heterocycles. The van der Waals surface area contributed by atoms with E-state index in [1.165, 1.54) is 0 Å². The third kappa shape index (κ3) is 6.02. The number of hydrogen-bond acceptors (Lipinski definition) is 5. The van der Waals surface area contributed by atoms with Crippen LogP contribution in [0, 0.1) is 11.3 Å². The summed E-state index contributed by atoms with van der Waals surface area (Å²) in [6.45, 7) is 2.79. The monoisotopic (exact) mass is 278 g/mol. The summed E-state index contributed by atoms with van der Waals surface area (Å²) in [6, 6.07) is 9.01. The van der Waals surface area contributed by atoms with Gasteiger partial charge in [0.05, 0.1) is 11.6 Å². The summed E-state index contributed by atoms with van der Waals surface area (Å²) in [6.07, 6.45) is 0.974. The molecule has 1 aromatic carbocycles. The molecular formula is C15H22N2O3. The number of nitrogens with zero attached hydrogens (tertiary/aromatic N) is 1. The molecule has 0 amide bonds. The van der Waals surface area contributed by atoms with Crippen molar-refractivity contribution in [3.05, 3.63) is 29.8 Å². The molecular weight excluding hydrogens is 256 g/mol. The Morgan fingerprint density at radius 3 is 2.60 bits per heavy atom. The first kappa shape index (κ1) is 16.4. The zero-order valence-electron chi connectivity index (χ0n) is 11.7. The average Bonchev–Trinajstić information content (AvgIpc) is 2.49. The molecule has 0 aliphatic heterocycles. The molecule has 0 heterocycles. The second kappa shape index (κ2) is 9.32. The van der Waals surface area contributed by atoms with Crippen molar-refractivity contribution in [3.63, 3.8) is 0 Å². The van der Waals surface area contributed by atoms with Crippen molar-refractivity contribution in [3.8, 4) is 11.8 Å². The lowest BCUT2D eigenvalue weighted by Gasteiger charge is -2.19. The summed E-state index contributed by atoms with van der Waals surface area (Å²) >= 11 is 0. The Labute approximate surface area is 119 Å². The maximum atomic E-state index is 9.82.